The van der Waals surface area contributed by atoms with Gasteiger partial charge in [0.15, 0.2) is 0 Å². The van der Waals surface area contributed by atoms with Crippen molar-refractivity contribution in [3.63, 3.8) is 0 Å². The monoisotopic (exact) mass is 343 g/mol. The Morgan fingerprint density at radius 3 is 1.20 bits per heavy atom. The molecule has 0 aliphatic heterocycles. The standard InChI is InChI=1S/C18H23N.3C2H6/c1-7-13-16(10-4)19(17(11-5)14-8-2)18(12-6)15-9-3;3*1-2/h7-15H,1-2,4-5H2,3,6H3;3*1-2H3/b15-9-,16-13+,17-14+,18-12+;;;. The topological polar surface area (TPSA) is 3.24 Å². The predicted octanol–water partition coefficient (Wildman–Crippen LogP) is 8.36. The Balaban J connectivity index is -0.000000329. The van der Waals surface area contributed by atoms with Crippen LogP contribution in [0.15, 0.2) is 98.1 Å². The van der Waals surface area contributed by atoms with Crippen molar-refractivity contribution in [3.8, 4) is 0 Å². The number of hydrogen-bond donors (Lipinski definition) is 0. The highest BCUT2D eigenvalue weighted by Gasteiger charge is 2.12. The smallest absolute Gasteiger partial charge is 0.0455 e. The lowest BCUT2D eigenvalue weighted by Crippen LogP contribution is -2.19. The van der Waals surface area contributed by atoms with E-state index in [4.69, 9.17) is 0 Å². The van der Waals surface area contributed by atoms with Crippen molar-refractivity contribution in [1.29, 1.82) is 0 Å². The van der Waals surface area contributed by atoms with Crippen LogP contribution in [0.4, 0.5) is 0 Å². The molecule has 0 saturated heterocycles. The Labute approximate surface area is 158 Å². The van der Waals surface area contributed by atoms with Crippen molar-refractivity contribution in [2.75, 3.05) is 0 Å². The zero-order chi connectivity index (χ0) is 20.7. The lowest BCUT2D eigenvalue weighted by molar-refractivity contribution is 0.577. The van der Waals surface area contributed by atoms with Crippen molar-refractivity contribution in [3.05, 3.63) is 98.1 Å². The largest absolute Gasteiger partial charge is 0.311 e. The zero-order valence-corrected chi connectivity index (χ0v) is 18.0. The van der Waals surface area contributed by atoms with Crippen LogP contribution in [0.25, 0.3) is 0 Å². The Bertz CT molecular complexity index is 426. The van der Waals surface area contributed by atoms with Crippen molar-refractivity contribution in [1.82, 2.24) is 4.90 Å². The van der Waals surface area contributed by atoms with Crippen LogP contribution in [0.2, 0.25) is 0 Å². The van der Waals surface area contributed by atoms with E-state index in [9.17, 15) is 0 Å². The molecule has 0 radical (unpaired) electrons. The van der Waals surface area contributed by atoms with Gasteiger partial charge >= 0.3 is 0 Å². The molecular formula is C24H41N. The van der Waals surface area contributed by atoms with E-state index in [0.29, 0.717) is 0 Å². The molecule has 0 aromatic rings. The number of allylic oxidation sites excluding steroid dienone is 9. The molecule has 25 heavy (non-hydrogen) atoms. The van der Waals surface area contributed by atoms with Gasteiger partial charge in [-0.05, 0) is 44.2 Å². The van der Waals surface area contributed by atoms with Gasteiger partial charge in [-0.25, -0.2) is 0 Å². The van der Waals surface area contributed by atoms with Crippen molar-refractivity contribution < 1.29 is 0 Å². The maximum atomic E-state index is 3.86. The van der Waals surface area contributed by atoms with E-state index < -0.39 is 0 Å². The highest BCUT2D eigenvalue weighted by Crippen LogP contribution is 2.23. The quantitative estimate of drug-likeness (QED) is 0.400. The van der Waals surface area contributed by atoms with Gasteiger partial charge in [-0.15, -0.1) is 0 Å². The minimum Gasteiger partial charge on any atom is -0.311 e. The molecule has 0 saturated carbocycles. The molecule has 0 spiro atoms. The molecule has 0 unspecified atom stereocenters. The molecule has 0 amide bonds. The van der Waals surface area contributed by atoms with Gasteiger partial charge in [0.1, 0.15) is 0 Å². The summed E-state index contributed by atoms with van der Waals surface area (Å²) in [6.07, 6.45) is 16.9. The van der Waals surface area contributed by atoms with E-state index >= 15 is 0 Å². The van der Waals surface area contributed by atoms with Gasteiger partial charge in [0, 0.05) is 17.1 Å². The van der Waals surface area contributed by atoms with Crippen LogP contribution in [-0.4, -0.2) is 4.90 Å². The summed E-state index contributed by atoms with van der Waals surface area (Å²) < 4.78 is 0. The highest BCUT2D eigenvalue weighted by atomic mass is 15.2. The molecule has 1 heteroatoms. The van der Waals surface area contributed by atoms with Crippen LogP contribution in [0.1, 0.15) is 55.4 Å². The fraction of sp³-hybridized carbons (Fsp3) is 0.333. The fourth-order valence-electron chi connectivity index (χ4n) is 1.63. The average molecular weight is 344 g/mol. The second kappa shape index (κ2) is 26.6. The first-order chi connectivity index (χ1) is 12.2. The Morgan fingerprint density at radius 1 is 0.640 bits per heavy atom. The van der Waals surface area contributed by atoms with Crippen molar-refractivity contribution in [2.24, 2.45) is 0 Å². The molecule has 1 nitrogen and oxygen atoms in total. The first-order valence-corrected chi connectivity index (χ1v) is 9.19. The van der Waals surface area contributed by atoms with Gasteiger partial charge in [0.25, 0.3) is 0 Å². The Kier molecular flexibility index (Phi) is 32.6. The molecule has 0 aromatic heterocycles. The van der Waals surface area contributed by atoms with Crippen LogP contribution in [-0.2, 0) is 0 Å². The second-order valence-corrected chi connectivity index (χ2v) is 3.61. The van der Waals surface area contributed by atoms with Gasteiger partial charge in [0.05, 0.1) is 0 Å². The Morgan fingerprint density at radius 2 is 1.00 bits per heavy atom. The molecule has 0 rings (SSSR count). The maximum absolute atomic E-state index is 3.86. The van der Waals surface area contributed by atoms with Crippen LogP contribution in [0, 0.1) is 0 Å². The van der Waals surface area contributed by atoms with Crippen LogP contribution in [0.5, 0.6) is 0 Å². The summed E-state index contributed by atoms with van der Waals surface area (Å²) in [5.74, 6) is 0. The number of nitrogens with zero attached hydrogens (tertiary/aromatic N) is 1. The van der Waals surface area contributed by atoms with Crippen LogP contribution >= 0.6 is 0 Å². The average Bonchev–Trinajstić information content (AvgIpc) is 2.70. The summed E-state index contributed by atoms with van der Waals surface area (Å²) in [6, 6.07) is 0. The summed E-state index contributed by atoms with van der Waals surface area (Å²) in [7, 11) is 0. The van der Waals surface area contributed by atoms with Gasteiger partial charge < -0.3 is 4.90 Å². The minimum atomic E-state index is 0.925. The van der Waals surface area contributed by atoms with Crippen molar-refractivity contribution >= 4 is 0 Å². The molecule has 0 aliphatic carbocycles. The van der Waals surface area contributed by atoms with E-state index in [0.717, 1.165) is 17.1 Å². The summed E-state index contributed by atoms with van der Waals surface area (Å²) in [5, 5.41) is 0. The molecule has 0 fully saturated rings. The van der Waals surface area contributed by atoms with Crippen LogP contribution < -0.4 is 0 Å². The minimum absolute atomic E-state index is 0.925. The molecule has 0 aliphatic rings. The second-order valence-electron chi connectivity index (χ2n) is 3.61. The third kappa shape index (κ3) is 13.8. The normalized spacial score (nSPS) is 10.8. The zero-order valence-electron chi connectivity index (χ0n) is 18.0. The predicted molar refractivity (Wildman–Crippen MR) is 121 cm³/mol. The Hall–Kier alpha value is -2.28. The van der Waals surface area contributed by atoms with E-state index in [1.54, 1.807) is 24.3 Å². The van der Waals surface area contributed by atoms with Gasteiger partial charge in [-0.2, -0.15) is 0 Å². The lowest BCUT2D eigenvalue weighted by atomic mass is 10.2. The third-order valence-electron chi connectivity index (χ3n) is 2.40. The summed E-state index contributed by atoms with van der Waals surface area (Å²) >= 11 is 0. The molecule has 142 valence electrons. The number of hydrogen-bond acceptors (Lipinski definition) is 1. The lowest BCUT2D eigenvalue weighted by Gasteiger charge is -2.27. The van der Waals surface area contributed by atoms with E-state index in [1.165, 1.54) is 0 Å². The molecule has 0 bridgehead atoms. The number of rotatable bonds is 8. The molecule has 0 atom stereocenters. The SMILES string of the molecule is C=C/C=C(\C=C)N(/C(C=C)=C/C=C)C(/C=C\C)=C/C.CC.CC.CC. The highest BCUT2D eigenvalue weighted by molar-refractivity contribution is 5.39. The van der Waals surface area contributed by atoms with Crippen molar-refractivity contribution in [2.45, 2.75) is 55.4 Å². The van der Waals surface area contributed by atoms with Gasteiger partial charge in [0.2, 0.25) is 0 Å². The molecular weight excluding hydrogens is 302 g/mol. The first-order valence-electron chi connectivity index (χ1n) is 9.19. The van der Waals surface area contributed by atoms with Crippen LogP contribution in [0.3, 0.4) is 0 Å². The molecule has 0 N–H and O–H groups in total. The fourth-order valence-corrected chi connectivity index (χ4v) is 1.63. The van der Waals surface area contributed by atoms with Gasteiger partial charge in [-0.1, -0.05) is 92.2 Å². The third-order valence-corrected chi connectivity index (χ3v) is 2.40. The molecule has 0 heterocycles. The van der Waals surface area contributed by atoms with E-state index in [1.807, 2.05) is 90.7 Å². The van der Waals surface area contributed by atoms with E-state index in [-0.39, 0.29) is 0 Å². The van der Waals surface area contributed by atoms with Gasteiger partial charge in [-0.3, -0.25) is 0 Å². The summed E-state index contributed by atoms with van der Waals surface area (Å²) in [6.45, 7) is 31.2. The maximum Gasteiger partial charge on any atom is 0.0455 e. The summed E-state index contributed by atoms with van der Waals surface area (Å²) in [5.41, 5.74) is 2.88. The first kappa shape index (κ1) is 30.6. The van der Waals surface area contributed by atoms with E-state index in [2.05, 4.69) is 26.3 Å². The summed E-state index contributed by atoms with van der Waals surface area (Å²) in [4.78, 5) is 2.04. The molecule has 0 aromatic carbocycles.